The standard InChI is InChI=1S/C18H13N/c1-13-8-10-14(11-9-13)16-5-3-6-17-15(12-19)4-2-7-18(16)17/h2-11H,1H3. The predicted octanol–water partition coefficient (Wildman–Crippen LogP) is 4.69. The molecule has 0 atom stereocenters. The van der Waals surface area contributed by atoms with Gasteiger partial charge in [0.1, 0.15) is 0 Å². The van der Waals surface area contributed by atoms with Crippen molar-refractivity contribution < 1.29 is 0 Å². The predicted molar refractivity (Wildman–Crippen MR) is 78.8 cm³/mol. The molecule has 0 aliphatic rings. The first-order chi connectivity index (χ1) is 9.29. The van der Waals surface area contributed by atoms with E-state index in [9.17, 15) is 5.26 Å². The Morgan fingerprint density at radius 3 is 2.21 bits per heavy atom. The lowest BCUT2D eigenvalue weighted by molar-refractivity contribution is 1.47. The fraction of sp³-hybridized carbons (Fsp3) is 0.0556. The van der Waals surface area contributed by atoms with E-state index in [1.54, 1.807) is 0 Å². The number of fused-ring (bicyclic) bond motifs is 1. The minimum Gasteiger partial charge on any atom is -0.192 e. The summed E-state index contributed by atoms with van der Waals surface area (Å²) in [5.74, 6) is 0. The van der Waals surface area contributed by atoms with Gasteiger partial charge < -0.3 is 0 Å². The van der Waals surface area contributed by atoms with Crippen LogP contribution in [0.25, 0.3) is 21.9 Å². The molecule has 3 aromatic carbocycles. The maximum atomic E-state index is 9.18. The average Bonchev–Trinajstić information content (AvgIpc) is 2.47. The van der Waals surface area contributed by atoms with Crippen molar-refractivity contribution in [3.05, 3.63) is 71.8 Å². The van der Waals surface area contributed by atoms with Gasteiger partial charge >= 0.3 is 0 Å². The van der Waals surface area contributed by atoms with Crippen molar-refractivity contribution >= 4 is 10.8 Å². The zero-order valence-electron chi connectivity index (χ0n) is 10.7. The van der Waals surface area contributed by atoms with Gasteiger partial charge in [0.15, 0.2) is 0 Å². The van der Waals surface area contributed by atoms with Gasteiger partial charge in [0.25, 0.3) is 0 Å². The summed E-state index contributed by atoms with van der Waals surface area (Å²) in [4.78, 5) is 0. The molecule has 0 aromatic heterocycles. The van der Waals surface area contributed by atoms with Crippen LogP contribution in [0.1, 0.15) is 11.1 Å². The van der Waals surface area contributed by atoms with Crippen molar-refractivity contribution in [1.82, 2.24) is 0 Å². The lowest BCUT2D eigenvalue weighted by Crippen LogP contribution is -1.84. The molecule has 3 rings (SSSR count). The summed E-state index contributed by atoms with van der Waals surface area (Å²) in [5, 5.41) is 11.3. The number of hydrogen-bond acceptors (Lipinski definition) is 1. The van der Waals surface area contributed by atoms with Crippen LogP contribution >= 0.6 is 0 Å². The first-order valence-corrected chi connectivity index (χ1v) is 6.28. The van der Waals surface area contributed by atoms with Crippen LogP contribution in [0.5, 0.6) is 0 Å². The normalized spacial score (nSPS) is 10.3. The van der Waals surface area contributed by atoms with Crippen LogP contribution in [0.2, 0.25) is 0 Å². The van der Waals surface area contributed by atoms with Crippen LogP contribution in [0.15, 0.2) is 60.7 Å². The minimum atomic E-state index is 0.728. The van der Waals surface area contributed by atoms with E-state index in [1.165, 1.54) is 16.7 Å². The molecule has 1 heteroatoms. The number of hydrogen-bond donors (Lipinski definition) is 0. The summed E-state index contributed by atoms with van der Waals surface area (Å²) in [6.07, 6.45) is 0. The lowest BCUT2D eigenvalue weighted by atomic mass is 9.95. The lowest BCUT2D eigenvalue weighted by Gasteiger charge is -2.08. The highest BCUT2D eigenvalue weighted by atomic mass is 14.2. The van der Waals surface area contributed by atoms with Crippen LogP contribution in [0.4, 0.5) is 0 Å². The highest BCUT2D eigenvalue weighted by Crippen LogP contribution is 2.30. The molecule has 0 saturated carbocycles. The van der Waals surface area contributed by atoms with Gasteiger partial charge in [0.05, 0.1) is 11.6 Å². The Morgan fingerprint density at radius 2 is 1.47 bits per heavy atom. The summed E-state index contributed by atoms with van der Waals surface area (Å²) < 4.78 is 0. The number of benzene rings is 3. The van der Waals surface area contributed by atoms with Crippen LogP contribution < -0.4 is 0 Å². The average molecular weight is 243 g/mol. The molecule has 0 spiro atoms. The molecular formula is C18H13N. The molecule has 1 nitrogen and oxygen atoms in total. The molecule has 0 bridgehead atoms. The Hall–Kier alpha value is -2.59. The van der Waals surface area contributed by atoms with Gasteiger partial charge in [-0.1, -0.05) is 60.2 Å². The number of aryl methyl sites for hydroxylation is 1. The first-order valence-electron chi connectivity index (χ1n) is 6.28. The Kier molecular flexibility index (Phi) is 2.78. The maximum absolute atomic E-state index is 9.18. The van der Waals surface area contributed by atoms with Gasteiger partial charge in [-0.25, -0.2) is 0 Å². The highest BCUT2D eigenvalue weighted by Gasteiger charge is 2.06. The van der Waals surface area contributed by atoms with Gasteiger partial charge in [-0.3, -0.25) is 0 Å². The van der Waals surface area contributed by atoms with Crippen molar-refractivity contribution in [3.63, 3.8) is 0 Å². The third-order valence-electron chi connectivity index (χ3n) is 3.41. The Labute approximate surface area is 112 Å². The molecule has 19 heavy (non-hydrogen) atoms. The second-order valence-electron chi connectivity index (χ2n) is 4.68. The van der Waals surface area contributed by atoms with E-state index in [2.05, 4.69) is 49.4 Å². The molecule has 0 unspecified atom stereocenters. The quantitative estimate of drug-likeness (QED) is 0.608. The van der Waals surface area contributed by atoms with E-state index in [-0.39, 0.29) is 0 Å². The third kappa shape index (κ3) is 1.98. The van der Waals surface area contributed by atoms with Crippen molar-refractivity contribution in [1.29, 1.82) is 5.26 Å². The monoisotopic (exact) mass is 243 g/mol. The Morgan fingerprint density at radius 1 is 0.789 bits per heavy atom. The van der Waals surface area contributed by atoms with Crippen molar-refractivity contribution in [2.45, 2.75) is 6.92 Å². The van der Waals surface area contributed by atoms with E-state index in [1.807, 2.05) is 24.3 Å². The van der Waals surface area contributed by atoms with Crippen molar-refractivity contribution in [3.8, 4) is 17.2 Å². The van der Waals surface area contributed by atoms with E-state index < -0.39 is 0 Å². The summed E-state index contributed by atoms with van der Waals surface area (Å²) in [7, 11) is 0. The maximum Gasteiger partial charge on any atom is 0.0998 e. The summed E-state index contributed by atoms with van der Waals surface area (Å²) in [6, 6.07) is 22.7. The first kappa shape index (κ1) is 11.5. The zero-order valence-corrected chi connectivity index (χ0v) is 10.7. The van der Waals surface area contributed by atoms with Crippen LogP contribution in [0.3, 0.4) is 0 Å². The minimum absolute atomic E-state index is 0.728. The SMILES string of the molecule is Cc1ccc(-c2cccc3c(C#N)cccc23)cc1. The van der Waals surface area contributed by atoms with E-state index in [0.717, 1.165) is 16.3 Å². The summed E-state index contributed by atoms with van der Waals surface area (Å²) >= 11 is 0. The molecule has 0 aliphatic heterocycles. The second-order valence-corrected chi connectivity index (χ2v) is 4.68. The molecule has 3 aromatic rings. The van der Waals surface area contributed by atoms with Gasteiger partial charge in [-0.05, 0) is 29.5 Å². The van der Waals surface area contributed by atoms with E-state index in [4.69, 9.17) is 0 Å². The number of rotatable bonds is 1. The molecule has 0 fully saturated rings. The van der Waals surface area contributed by atoms with Gasteiger partial charge in [0, 0.05) is 5.39 Å². The molecule has 0 saturated heterocycles. The summed E-state index contributed by atoms with van der Waals surface area (Å²) in [5.41, 5.74) is 4.34. The van der Waals surface area contributed by atoms with Gasteiger partial charge in [0.2, 0.25) is 0 Å². The third-order valence-corrected chi connectivity index (χ3v) is 3.41. The van der Waals surface area contributed by atoms with Crippen LogP contribution in [-0.2, 0) is 0 Å². The fourth-order valence-corrected chi connectivity index (χ4v) is 2.39. The Bertz CT molecular complexity index is 777. The topological polar surface area (TPSA) is 23.8 Å². The fourth-order valence-electron chi connectivity index (χ4n) is 2.39. The van der Waals surface area contributed by atoms with Crippen molar-refractivity contribution in [2.24, 2.45) is 0 Å². The molecule has 0 aliphatic carbocycles. The highest BCUT2D eigenvalue weighted by molar-refractivity contribution is 5.99. The molecule has 0 heterocycles. The smallest absolute Gasteiger partial charge is 0.0998 e. The van der Waals surface area contributed by atoms with Crippen LogP contribution in [-0.4, -0.2) is 0 Å². The number of nitrogens with zero attached hydrogens (tertiary/aromatic N) is 1. The largest absolute Gasteiger partial charge is 0.192 e. The second kappa shape index (κ2) is 4.59. The van der Waals surface area contributed by atoms with E-state index >= 15 is 0 Å². The molecule has 0 N–H and O–H groups in total. The van der Waals surface area contributed by atoms with E-state index in [0.29, 0.717) is 0 Å². The van der Waals surface area contributed by atoms with Crippen LogP contribution in [0, 0.1) is 18.3 Å². The molecular weight excluding hydrogens is 230 g/mol. The molecule has 90 valence electrons. The number of nitriles is 1. The molecule has 0 radical (unpaired) electrons. The Balaban J connectivity index is 2.31. The molecule has 0 amide bonds. The van der Waals surface area contributed by atoms with Gasteiger partial charge in [-0.15, -0.1) is 0 Å². The summed E-state index contributed by atoms with van der Waals surface area (Å²) in [6.45, 7) is 2.08. The van der Waals surface area contributed by atoms with Gasteiger partial charge in [-0.2, -0.15) is 5.26 Å². The zero-order chi connectivity index (χ0) is 13.2. The van der Waals surface area contributed by atoms with Crippen molar-refractivity contribution in [2.75, 3.05) is 0 Å².